The molecule has 0 aromatic heterocycles. The predicted molar refractivity (Wildman–Crippen MR) is 119 cm³/mol. The summed E-state index contributed by atoms with van der Waals surface area (Å²) < 4.78 is 11.2. The Kier molecular flexibility index (Phi) is 8.22. The zero-order valence-electron chi connectivity index (χ0n) is 18.5. The Balaban J connectivity index is 1.49. The summed E-state index contributed by atoms with van der Waals surface area (Å²) in [5.41, 5.74) is 0. The molecule has 166 valence electrons. The molecule has 1 saturated carbocycles. The van der Waals surface area contributed by atoms with Gasteiger partial charge in [-0.25, -0.2) is 4.99 Å². The fourth-order valence-electron chi connectivity index (χ4n) is 4.19. The number of benzene rings is 1. The molecule has 1 saturated heterocycles. The van der Waals surface area contributed by atoms with Crippen molar-refractivity contribution >= 4 is 11.9 Å². The fraction of sp³-hybridized carbons (Fsp3) is 0.652. The van der Waals surface area contributed by atoms with E-state index < -0.39 is 0 Å². The summed E-state index contributed by atoms with van der Waals surface area (Å²) in [6, 6.07) is 7.83. The standard InChI is InChI=1S/C23H36N4O3/c1-4-24-23(25-15-17(2)30-21-11-7-10-20(14-21)29-3)26-19-12-13-27(16-19)22(28)18-8-5-6-9-18/h7,10-11,14,17-19H,4-6,8-9,12-13,15-16H2,1-3H3,(H2,24,25,26). The van der Waals surface area contributed by atoms with E-state index in [0.717, 1.165) is 56.4 Å². The molecule has 3 rings (SSSR count). The average molecular weight is 417 g/mol. The molecule has 7 nitrogen and oxygen atoms in total. The number of methoxy groups -OCH3 is 1. The molecule has 1 aromatic rings. The molecule has 0 spiro atoms. The molecule has 7 heteroatoms. The van der Waals surface area contributed by atoms with Gasteiger partial charge in [-0.05, 0) is 45.2 Å². The number of carbonyl (C=O) groups excluding carboxylic acids is 1. The van der Waals surface area contributed by atoms with Crippen LogP contribution in [-0.4, -0.2) is 62.2 Å². The number of nitrogens with zero attached hydrogens (tertiary/aromatic N) is 2. The number of hydrogen-bond acceptors (Lipinski definition) is 4. The second-order valence-electron chi connectivity index (χ2n) is 8.22. The lowest BCUT2D eigenvalue weighted by Crippen LogP contribution is -2.45. The van der Waals surface area contributed by atoms with Gasteiger partial charge in [0.2, 0.25) is 5.91 Å². The van der Waals surface area contributed by atoms with E-state index in [2.05, 4.69) is 17.6 Å². The molecule has 30 heavy (non-hydrogen) atoms. The zero-order valence-corrected chi connectivity index (χ0v) is 18.5. The number of ether oxygens (including phenoxy) is 2. The van der Waals surface area contributed by atoms with Crippen molar-refractivity contribution in [3.05, 3.63) is 24.3 Å². The summed E-state index contributed by atoms with van der Waals surface area (Å²) >= 11 is 0. The number of aliphatic imine (C=N–C) groups is 1. The lowest BCUT2D eigenvalue weighted by Gasteiger charge is -2.22. The van der Waals surface area contributed by atoms with Crippen molar-refractivity contribution in [1.29, 1.82) is 0 Å². The summed E-state index contributed by atoms with van der Waals surface area (Å²) in [6.07, 6.45) is 5.39. The Labute approximate surface area is 180 Å². The van der Waals surface area contributed by atoms with E-state index in [4.69, 9.17) is 14.5 Å². The van der Waals surface area contributed by atoms with Gasteiger partial charge in [0, 0.05) is 37.7 Å². The molecule has 2 N–H and O–H groups in total. The first kappa shape index (κ1) is 22.2. The first-order chi connectivity index (χ1) is 14.6. The van der Waals surface area contributed by atoms with Crippen LogP contribution >= 0.6 is 0 Å². The number of guanidine groups is 1. The maximum atomic E-state index is 12.7. The van der Waals surface area contributed by atoms with Crippen molar-refractivity contribution in [2.75, 3.05) is 33.3 Å². The average Bonchev–Trinajstić information content (AvgIpc) is 3.44. The summed E-state index contributed by atoms with van der Waals surface area (Å²) in [5.74, 6) is 2.92. The van der Waals surface area contributed by atoms with E-state index in [1.54, 1.807) is 7.11 Å². The van der Waals surface area contributed by atoms with Gasteiger partial charge in [-0.1, -0.05) is 18.9 Å². The maximum Gasteiger partial charge on any atom is 0.225 e. The van der Waals surface area contributed by atoms with Crippen molar-refractivity contribution in [1.82, 2.24) is 15.5 Å². The molecule has 0 bridgehead atoms. The van der Waals surface area contributed by atoms with Gasteiger partial charge in [0.1, 0.15) is 17.6 Å². The molecule has 1 heterocycles. The van der Waals surface area contributed by atoms with Crippen molar-refractivity contribution in [2.24, 2.45) is 10.9 Å². The van der Waals surface area contributed by atoms with Crippen molar-refractivity contribution in [2.45, 2.75) is 58.1 Å². The molecule has 1 aliphatic carbocycles. The number of carbonyl (C=O) groups is 1. The molecule has 1 amide bonds. The molecular weight excluding hydrogens is 380 g/mol. The molecular formula is C23H36N4O3. The van der Waals surface area contributed by atoms with Gasteiger partial charge in [0.05, 0.1) is 13.7 Å². The first-order valence-electron chi connectivity index (χ1n) is 11.2. The molecule has 2 unspecified atom stereocenters. The third-order valence-corrected chi connectivity index (χ3v) is 5.77. The van der Waals surface area contributed by atoms with E-state index >= 15 is 0 Å². The van der Waals surface area contributed by atoms with Crippen LogP contribution in [0.25, 0.3) is 0 Å². The van der Waals surface area contributed by atoms with Gasteiger partial charge in [-0.15, -0.1) is 0 Å². The van der Waals surface area contributed by atoms with E-state index in [0.29, 0.717) is 12.5 Å². The highest BCUT2D eigenvalue weighted by molar-refractivity contribution is 5.81. The number of nitrogens with one attached hydrogen (secondary N) is 2. The molecule has 0 radical (unpaired) electrons. The number of amides is 1. The van der Waals surface area contributed by atoms with Crippen molar-refractivity contribution < 1.29 is 14.3 Å². The van der Waals surface area contributed by atoms with E-state index in [9.17, 15) is 4.79 Å². The van der Waals surface area contributed by atoms with Gasteiger partial charge in [0.15, 0.2) is 5.96 Å². The number of hydrogen-bond donors (Lipinski definition) is 2. The van der Waals surface area contributed by atoms with E-state index in [1.807, 2.05) is 36.1 Å². The fourth-order valence-corrected chi connectivity index (χ4v) is 4.19. The van der Waals surface area contributed by atoms with Crippen LogP contribution in [0.2, 0.25) is 0 Å². The highest BCUT2D eigenvalue weighted by Gasteiger charge is 2.32. The van der Waals surface area contributed by atoms with Crippen LogP contribution in [0.15, 0.2) is 29.3 Å². The topological polar surface area (TPSA) is 75.2 Å². The van der Waals surface area contributed by atoms with Crippen LogP contribution in [0.1, 0.15) is 46.0 Å². The summed E-state index contributed by atoms with van der Waals surface area (Å²) in [5, 5.41) is 6.81. The Hall–Kier alpha value is -2.44. The van der Waals surface area contributed by atoms with E-state index in [-0.39, 0.29) is 18.1 Å². The summed E-state index contributed by atoms with van der Waals surface area (Å²) in [6.45, 7) is 6.97. The van der Waals surface area contributed by atoms with Gasteiger partial charge in [-0.2, -0.15) is 0 Å². The van der Waals surface area contributed by atoms with Crippen molar-refractivity contribution in [3.8, 4) is 11.5 Å². The monoisotopic (exact) mass is 416 g/mol. The normalized spacial score (nSPS) is 20.8. The lowest BCUT2D eigenvalue weighted by atomic mass is 10.1. The van der Waals surface area contributed by atoms with Gasteiger partial charge >= 0.3 is 0 Å². The molecule has 2 fully saturated rings. The Morgan fingerprint density at radius 3 is 2.77 bits per heavy atom. The largest absolute Gasteiger partial charge is 0.497 e. The minimum atomic E-state index is -0.0726. The SMILES string of the molecule is CCNC(=NCC(C)Oc1cccc(OC)c1)NC1CCN(C(=O)C2CCCC2)C1. The molecule has 2 atom stereocenters. The van der Waals surface area contributed by atoms with Crippen LogP contribution in [0.4, 0.5) is 0 Å². The Bertz CT molecular complexity index is 718. The summed E-state index contributed by atoms with van der Waals surface area (Å²) in [4.78, 5) is 19.4. The summed E-state index contributed by atoms with van der Waals surface area (Å²) in [7, 11) is 1.65. The predicted octanol–water partition coefficient (Wildman–Crippen LogP) is 2.81. The second kappa shape index (κ2) is 11.1. The van der Waals surface area contributed by atoms with Gasteiger partial charge in [-0.3, -0.25) is 4.79 Å². The van der Waals surface area contributed by atoms with Crippen LogP contribution < -0.4 is 20.1 Å². The third-order valence-electron chi connectivity index (χ3n) is 5.77. The molecule has 2 aliphatic rings. The van der Waals surface area contributed by atoms with Crippen LogP contribution in [0.5, 0.6) is 11.5 Å². The second-order valence-corrected chi connectivity index (χ2v) is 8.22. The minimum absolute atomic E-state index is 0.0726. The third kappa shape index (κ3) is 6.28. The first-order valence-corrected chi connectivity index (χ1v) is 11.2. The number of rotatable bonds is 8. The highest BCUT2D eigenvalue weighted by atomic mass is 16.5. The van der Waals surface area contributed by atoms with E-state index in [1.165, 1.54) is 12.8 Å². The Morgan fingerprint density at radius 1 is 1.27 bits per heavy atom. The molecule has 1 aromatic carbocycles. The quantitative estimate of drug-likeness (QED) is 0.504. The molecule has 1 aliphatic heterocycles. The highest BCUT2D eigenvalue weighted by Crippen LogP contribution is 2.27. The Morgan fingerprint density at radius 2 is 2.03 bits per heavy atom. The van der Waals surface area contributed by atoms with Crippen LogP contribution in [-0.2, 0) is 4.79 Å². The van der Waals surface area contributed by atoms with Crippen LogP contribution in [0, 0.1) is 5.92 Å². The zero-order chi connectivity index (χ0) is 21.3. The minimum Gasteiger partial charge on any atom is -0.497 e. The maximum absolute atomic E-state index is 12.7. The van der Waals surface area contributed by atoms with Crippen LogP contribution in [0.3, 0.4) is 0 Å². The van der Waals surface area contributed by atoms with Crippen molar-refractivity contribution in [3.63, 3.8) is 0 Å². The number of likely N-dealkylation sites (tertiary alicyclic amines) is 1. The van der Waals surface area contributed by atoms with Gasteiger partial charge < -0.3 is 25.0 Å². The smallest absolute Gasteiger partial charge is 0.225 e. The van der Waals surface area contributed by atoms with Gasteiger partial charge in [0.25, 0.3) is 0 Å². The lowest BCUT2D eigenvalue weighted by molar-refractivity contribution is -0.134.